The molecule has 2 aromatic carbocycles. The molecule has 4 N–H and O–H groups in total. The van der Waals surface area contributed by atoms with E-state index in [1.165, 1.54) is 11.1 Å². The van der Waals surface area contributed by atoms with Gasteiger partial charge in [0, 0.05) is 27.3 Å². The van der Waals surface area contributed by atoms with E-state index in [1.54, 1.807) is 21.1 Å². The molecule has 2 aromatic rings. The molecule has 0 aliphatic carbocycles. The van der Waals surface area contributed by atoms with Crippen LogP contribution in [0, 0.1) is 5.92 Å². The Morgan fingerprint density at radius 2 is 1.14 bits per heavy atom. The van der Waals surface area contributed by atoms with E-state index in [2.05, 4.69) is 45.7 Å². The van der Waals surface area contributed by atoms with Crippen molar-refractivity contribution in [2.24, 2.45) is 5.92 Å². The molecule has 4 amide bonds. The third-order valence-electron chi connectivity index (χ3n) is 8.63. The van der Waals surface area contributed by atoms with Crippen LogP contribution in [-0.2, 0) is 76.5 Å². The molecule has 2 atom stereocenters. The molecule has 0 radical (unpaired) electrons. The summed E-state index contributed by atoms with van der Waals surface area (Å²) in [6.07, 6.45) is 5.45. The zero-order valence-corrected chi connectivity index (χ0v) is 34.4. The number of carbonyl (C=O) groups is 5. The van der Waals surface area contributed by atoms with Crippen molar-refractivity contribution >= 4 is 29.6 Å². The number of hydrogen-bond acceptors (Lipinski definition) is 12. The van der Waals surface area contributed by atoms with E-state index in [4.69, 9.17) is 33.3 Å². The molecule has 16 heteroatoms. The molecule has 16 nitrogen and oxygen atoms in total. The lowest BCUT2D eigenvalue weighted by molar-refractivity contribution is -0.161. The predicted octanol–water partition coefficient (Wildman–Crippen LogP) is 2.25. The normalized spacial score (nSPS) is 12.0. The zero-order valence-electron chi connectivity index (χ0n) is 34.4. The number of hydroxylamine groups is 1. The van der Waals surface area contributed by atoms with E-state index in [0.29, 0.717) is 52.4 Å². The van der Waals surface area contributed by atoms with Gasteiger partial charge in [0.2, 0.25) is 17.7 Å². The predicted molar refractivity (Wildman–Crippen MR) is 215 cm³/mol. The van der Waals surface area contributed by atoms with Crippen LogP contribution < -0.4 is 21.4 Å². The fourth-order valence-electron chi connectivity index (χ4n) is 5.33. The third-order valence-corrected chi connectivity index (χ3v) is 8.63. The molecule has 0 spiro atoms. The summed E-state index contributed by atoms with van der Waals surface area (Å²) in [5.74, 6) is -3.33. The van der Waals surface area contributed by atoms with Crippen molar-refractivity contribution in [2.45, 2.75) is 64.3 Å². The fraction of sp³-hybridized carbons (Fsp3) is 0.595. The smallest absolute Gasteiger partial charge is 0.336 e. The average Bonchev–Trinajstić information content (AvgIpc) is 3.23. The lowest BCUT2D eigenvalue weighted by Gasteiger charge is -2.20. The van der Waals surface area contributed by atoms with Crippen LogP contribution in [-0.4, -0.2) is 129 Å². The minimum atomic E-state index is -0.935. The van der Waals surface area contributed by atoms with Crippen LogP contribution in [0.2, 0.25) is 0 Å². The van der Waals surface area contributed by atoms with E-state index in [-0.39, 0.29) is 58.3 Å². The monoisotopic (exact) mass is 816 g/mol. The number of ether oxygens (including phenoxy) is 6. The van der Waals surface area contributed by atoms with Crippen LogP contribution in [0.1, 0.15) is 55.7 Å². The van der Waals surface area contributed by atoms with Gasteiger partial charge in [-0.1, -0.05) is 61.5 Å². The first kappa shape index (κ1) is 49.7. The van der Waals surface area contributed by atoms with E-state index in [9.17, 15) is 24.0 Å². The maximum absolute atomic E-state index is 13.2. The molecule has 0 unspecified atom stereocenters. The van der Waals surface area contributed by atoms with Crippen LogP contribution in [0.15, 0.2) is 54.6 Å². The number of carbonyl (C=O) groups excluding carboxylic acids is 5. The largest absolute Gasteiger partial charge is 0.382 e. The lowest BCUT2D eigenvalue weighted by Crippen LogP contribution is -2.49. The van der Waals surface area contributed by atoms with Crippen molar-refractivity contribution in [3.8, 4) is 0 Å². The summed E-state index contributed by atoms with van der Waals surface area (Å²) in [5, 5.41) is 8.12. The Morgan fingerprint density at radius 1 is 0.586 bits per heavy atom. The maximum atomic E-state index is 13.2. The highest BCUT2D eigenvalue weighted by Gasteiger charge is 2.23. The number of methoxy groups -OCH3 is 2. The van der Waals surface area contributed by atoms with Crippen LogP contribution in [0.4, 0.5) is 0 Å². The Morgan fingerprint density at radius 3 is 1.76 bits per heavy atom. The highest BCUT2D eigenvalue weighted by molar-refractivity contribution is 5.88. The topological polar surface area (TPSA) is 198 Å². The molecule has 0 bridgehead atoms. The first-order valence-corrected chi connectivity index (χ1v) is 20.0. The highest BCUT2D eigenvalue weighted by atomic mass is 16.7. The summed E-state index contributed by atoms with van der Waals surface area (Å²) in [6.45, 7) is 4.23. The van der Waals surface area contributed by atoms with Crippen molar-refractivity contribution < 1.29 is 57.2 Å². The van der Waals surface area contributed by atoms with Gasteiger partial charge in [0.05, 0.1) is 65.2 Å². The van der Waals surface area contributed by atoms with E-state index < -0.39 is 35.7 Å². The summed E-state index contributed by atoms with van der Waals surface area (Å²) >= 11 is 0. The molecule has 0 aliphatic rings. The van der Waals surface area contributed by atoms with Gasteiger partial charge in [0.15, 0.2) is 0 Å². The summed E-state index contributed by atoms with van der Waals surface area (Å²) in [6, 6.07) is 17.3. The van der Waals surface area contributed by atoms with Gasteiger partial charge in [-0.2, -0.15) is 5.48 Å². The second kappa shape index (κ2) is 32.5. The van der Waals surface area contributed by atoms with Crippen molar-refractivity contribution in [1.82, 2.24) is 21.4 Å². The van der Waals surface area contributed by atoms with Gasteiger partial charge in [-0.3, -0.25) is 19.2 Å². The molecule has 324 valence electrons. The first-order valence-electron chi connectivity index (χ1n) is 20.0. The summed E-state index contributed by atoms with van der Waals surface area (Å²) < 4.78 is 31.1. The van der Waals surface area contributed by atoms with Crippen LogP contribution >= 0.6 is 0 Å². The minimum Gasteiger partial charge on any atom is -0.382 e. The summed E-state index contributed by atoms with van der Waals surface area (Å²) in [4.78, 5) is 68.1. The molecule has 58 heavy (non-hydrogen) atoms. The molecular weight excluding hydrogens is 752 g/mol. The molecule has 0 saturated carbocycles. The van der Waals surface area contributed by atoms with Gasteiger partial charge in [-0.25, -0.2) is 4.79 Å². The Hall–Kier alpha value is -4.45. The Bertz CT molecular complexity index is 1430. The SMILES string of the molecule is COCCOCCOCC(=O)NCCCC[C@H](NC(=O)COCCOCCOC)C(=O)NC[C@H](C)C(=O)ONC(=O)Cc1ccc(CCCCc2ccccc2)cc1. The Balaban J connectivity index is 1.73. The number of unbranched alkanes of at least 4 members (excludes halogenated alkanes) is 2. The minimum absolute atomic E-state index is 0.0290. The number of rotatable bonds is 33. The summed E-state index contributed by atoms with van der Waals surface area (Å²) in [7, 11) is 3.15. The van der Waals surface area contributed by atoms with Crippen LogP contribution in [0.3, 0.4) is 0 Å². The molecule has 0 aromatic heterocycles. The van der Waals surface area contributed by atoms with Gasteiger partial charge >= 0.3 is 5.97 Å². The van der Waals surface area contributed by atoms with Crippen LogP contribution in [0.5, 0.6) is 0 Å². The Kier molecular flexibility index (Phi) is 27.8. The van der Waals surface area contributed by atoms with E-state index in [0.717, 1.165) is 31.2 Å². The quantitative estimate of drug-likeness (QED) is 0.0607. The highest BCUT2D eigenvalue weighted by Crippen LogP contribution is 2.11. The molecule has 0 fully saturated rings. The van der Waals surface area contributed by atoms with Crippen molar-refractivity contribution in [2.75, 3.05) is 93.4 Å². The van der Waals surface area contributed by atoms with Crippen molar-refractivity contribution in [3.63, 3.8) is 0 Å². The lowest BCUT2D eigenvalue weighted by atomic mass is 10.0. The average molecular weight is 817 g/mol. The standard InChI is InChI=1S/C42H64N4O12/c1-33(42(51)58-46-38(47)29-36-18-16-35(17-19-36)14-8-7-13-34-11-5-4-6-12-34)30-44-41(50)37(45-40(49)32-57-28-26-55-24-22-53-3)15-9-10-20-43-39(48)31-56-27-25-54-23-21-52-2/h4-6,11-12,16-19,33,37H,7-10,13-15,20-32H2,1-3H3,(H,43,48)(H,44,50)(H,45,49)(H,46,47)/t33-,37-/m0/s1. The van der Waals surface area contributed by atoms with Gasteiger partial charge in [-0.05, 0) is 61.6 Å². The molecular formula is C42H64N4O12. The molecule has 2 rings (SSSR count). The molecule has 0 heterocycles. The van der Waals surface area contributed by atoms with Gasteiger partial charge in [-0.15, -0.1) is 0 Å². The van der Waals surface area contributed by atoms with Gasteiger partial charge < -0.3 is 49.2 Å². The third kappa shape index (κ3) is 25.0. The van der Waals surface area contributed by atoms with Crippen molar-refractivity contribution in [3.05, 3.63) is 71.3 Å². The fourth-order valence-corrected chi connectivity index (χ4v) is 5.33. The maximum Gasteiger partial charge on any atom is 0.336 e. The second-order valence-electron chi connectivity index (χ2n) is 13.6. The number of nitrogens with one attached hydrogen (secondary N) is 4. The van der Waals surface area contributed by atoms with Gasteiger partial charge in [0.1, 0.15) is 19.3 Å². The van der Waals surface area contributed by atoms with E-state index >= 15 is 0 Å². The van der Waals surface area contributed by atoms with E-state index in [1.807, 2.05) is 30.3 Å². The second-order valence-corrected chi connectivity index (χ2v) is 13.6. The number of benzene rings is 2. The zero-order chi connectivity index (χ0) is 42.1. The first-order chi connectivity index (χ1) is 28.2. The molecule has 0 aliphatic heterocycles. The molecule has 0 saturated heterocycles. The number of hydrogen-bond donors (Lipinski definition) is 4. The Labute approximate surface area is 342 Å². The summed E-state index contributed by atoms with van der Waals surface area (Å²) in [5.41, 5.74) is 5.50. The van der Waals surface area contributed by atoms with Crippen LogP contribution in [0.25, 0.3) is 0 Å². The number of aryl methyl sites for hydroxylation is 2. The van der Waals surface area contributed by atoms with Crippen molar-refractivity contribution in [1.29, 1.82) is 0 Å². The number of amides is 4. The van der Waals surface area contributed by atoms with Gasteiger partial charge in [0.25, 0.3) is 5.91 Å².